The molecule has 0 aliphatic heterocycles. The average Bonchev–Trinajstić information content (AvgIpc) is 3.03. The number of nitrogens with zero attached hydrogens (tertiary/aromatic N) is 3. The highest BCUT2D eigenvalue weighted by atomic mass is 16.2. The van der Waals surface area contributed by atoms with Crippen molar-refractivity contribution in [2.45, 2.75) is 37.6 Å². The fourth-order valence-corrected chi connectivity index (χ4v) is 2.69. The normalized spacial score (nSPS) is 17.4. The Bertz CT molecular complexity index is 600. The highest BCUT2D eigenvalue weighted by molar-refractivity contribution is 5.98. The lowest BCUT2D eigenvalue weighted by Gasteiger charge is -2.31. The Balaban J connectivity index is 1.69. The van der Waals surface area contributed by atoms with E-state index in [-0.39, 0.29) is 5.91 Å². The van der Waals surface area contributed by atoms with Crippen molar-refractivity contribution in [2.24, 2.45) is 5.73 Å². The van der Waals surface area contributed by atoms with Crippen LogP contribution in [0.25, 0.3) is 5.69 Å². The minimum atomic E-state index is -0.722. The van der Waals surface area contributed by atoms with Crippen LogP contribution in [0, 0.1) is 0 Å². The molecule has 0 spiro atoms. The van der Waals surface area contributed by atoms with Crippen LogP contribution < -0.4 is 11.1 Å². The van der Waals surface area contributed by atoms with Crippen LogP contribution >= 0.6 is 0 Å². The van der Waals surface area contributed by atoms with E-state index >= 15 is 0 Å². The fraction of sp³-hybridized carbons (Fsp3) is 0.400. The zero-order valence-electron chi connectivity index (χ0n) is 11.8. The average molecular weight is 285 g/mol. The van der Waals surface area contributed by atoms with E-state index in [1.54, 1.807) is 12.4 Å². The first-order chi connectivity index (χ1) is 10.2. The van der Waals surface area contributed by atoms with Crippen LogP contribution in [-0.2, 0) is 4.79 Å². The van der Waals surface area contributed by atoms with E-state index in [4.69, 9.17) is 5.73 Å². The summed E-state index contributed by atoms with van der Waals surface area (Å²) in [5, 5.41) is 11.0. The van der Waals surface area contributed by atoms with E-state index in [0.29, 0.717) is 0 Å². The quantitative estimate of drug-likeness (QED) is 0.901. The molecule has 1 heterocycles. The monoisotopic (exact) mass is 285 g/mol. The molecule has 1 aliphatic carbocycles. The first kappa shape index (κ1) is 13.8. The maximum absolute atomic E-state index is 12.3. The van der Waals surface area contributed by atoms with E-state index in [1.165, 1.54) is 4.80 Å². The summed E-state index contributed by atoms with van der Waals surface area (Å²) < 4.78 is 0. The predicted octanol–water partition coefficient (Wildman–Crippen LogP) is 1.87. The zero-order chi connectivity index (χ0) is 14.7. The van der Waals surface area contributed by atoms with Crippen LogP contribution in [0.5, 0.6) is 0 Å². The molecule has 110 valence electrons. The number of rotatable bonds is 3. The van der Waals surface area contributed by atoms with Gasteiger partial charge in [-0.2, -0.15) is 15.0 Å². The van der Waals surface area contributed by atoms with Crippen molar-refractivity contribution in [1.82, 2.24) is 15.0 Å². The maximum Gasteiger partial charge on any atom is 0.244 e. The van der Waals surface area contributed by atoms with Gasteiger partial charge in [0.2, 0.25) is 5.91 Å². The van der Waals surface area contributed by atoms with Gasteiger partial charge in [-0.05, 0) is 37.1 Å². The van der Waals surface area contributed by atoms with Gasteiger partial charge in [-0.25, -0.2) is 0 Å². The molecule has 1 aliphatic rings. The predicted molar refractivity (Wildman–Crippen MR) is 80.0 cm³/mol. The molecule has 21 heavy (non-hydrogen) atoms. The largest absolute Gasteiger partial charge is 0.324 e. The molecule has 3 N–H and O–H groups in total. The highest BCUT2D eigenvalue weighted by Gasteiger charge is 2.35. The Labute approximate surface area is 123 Å². The number of aromatic nitrogens is 3. The number of hydrogen-bond donors (Lipinski definition) is 2. The van der Waals surface area contributed by atoms with Crippen LogP contribution in [0.1, 0.15) is 32.1 Å². The summed E-state index contributed by atoms with van der Waals surface area (Å²) in [5.74, 6) is -0.0906. The van der Waals surface area contributed by atoms with Crippen molar-refractivity contribution in [3.8, 4) is 5.69 Å². The van der Waals surface area contributed by atoms with E-state index in [9.17, 15) is 4.79 Å². The van der Waals surface area contributed by atoms with E-state index in [2.05, 4.69) is 15.5 Å². The lowest BCUT2D eigenvalue weighted by molar-refractivity contribution is -0.122. The van der Waals surface area contributed by atoms with E-state index in [0.717, 1.165) is 43.5 Å². The van der Waals surface area contributed by atoms with Crippen LogP contribution in [0.4, 0.5) is 5.69 Å². The number of carbonyl (C=O) groups excluding carboxylic acids is 1. The molecule has 2 aromatic rings. The Hall–Kier alpha value is -2.21. The molecule has 6 heteroatoms. The molecule has 1 aromatic heterocycles. The van der Waals surface area contributed by atoms with Gasteiger partial charge in [-0.1, -0.05) is 19.3 Å². The second-order valence-corrected chi connectivity index (χ2v) is 5.54. The summed E-state index contributed by atoms with van der Waals surface area (Å²) in [6.45, 7) is 0. The number of amides is 1. The standard InChI is InChI=1S/C15H19N5O/c16-15(8-2-1-3-9-15)14(21)19-12-4-6-13(7-5-12)20-17-10-11-18-20/h4-7,10-11H,1-3,8-9,16H2,(H,19,21). The molecular weight excluding hydrogens is 266 g/mol. The summed E-state index contributed by atoms with van der Waals surface area (Å²) in [6.07, 6.45) is 7.97. The third kappa shape index (κ3) is 2.95. The Kier molecular flexibility index (Phi) is 3.70. The van der Waals surface area contributed by atoms with Crippen LogP contribution in [-0.4, -0.2) is 26.4 Å². The third-order valence-electron chi connectivity index (χ3n) is 3.97. The van der Waals surface area contributed by atoms with Crippen LogP contribution in [0.2, 0.25) is 0 Å². The number of anilines is 1. The summed E-state index contributed by atoms with van der Waals surface area (Å²) >= 11 is 0. The molecule has 0 unspecified atom stereocenters. The van der Waals surface area contributed by atoms with Gasteiger partial charge in [0.05, 0.1) is 23.6 Å². The second kappa shape index (κ2) is 5.65. The molecule has 6 nitrogen and oxygen atoms in total. The van der Waals surface area contributed by atoms with Gasteiger partial charge < -0.3 is 11.1 Å². The number of nitrogens with one attached hydrogen (secondary N) is 1. The zero-order valence-corrected chi connectivity index (χ0v) is 11.8. The highest BCUT2D eigenvalue weighted by Crippen LogP contribution is 2.27. The number of hydrogen-bond acceptors (Lipinski definition) is 4. The summed E-state index contributed by atoms with van der Waals surface area (Å²) in [6, 6.07) is 7.39. The van der Waals surface area contributed by atoms with Gasteiger partial charge in [-0.15, -0.1) is 0 Å². The molecule has 1 aromatic carbocycles. The molecular formula is C15H19N5O. The second-order valence-electron chi connectivity index (χ2n) is 5.54. The minimum absolute atomic E-state index is 0.0906. The minimum Gasteiger partial charge on any atom is -0.324 e. The van der Waals surface area contributed by atoms with Crippen molar-refractivity contribution in [1.29, 1.82) is 0 Å². The molecule has 1 saturated carbocycles. The molecule has 1 amide bonds. The number of carbonyl (C=O) groups is 1. The maximum atomic E-state index is 12.3. The molecule has 1 fully saturated rings. The number of nitrogens with two attached hydrogens (primary N) is 1. The first-order valence-electron chi connectivity index (χ1n) is 7.24. The molecule has 3 rings (SSSR count). The van der Waals surface area contributed by atoms with Gasteiger partial charge in [-0.3, -0.25) is 4.79 Å². The number of benzene rings is 1. The smallest absolute Gasteiger partial charge is 0.244 e. The van der Waals surface area contributed by atoms with Gasteiger partial charge in [0.15, 0.2) is 0 Å². The van der Waals surface area contributed by atoms with Crippen molar-refractivity contribution < 1.29 is 4.79 Å². The Morgan fingerprint density at radius 2 is 1.71 bits per heavy atom. The Morgan fingerprint density at radius 3 is 2.33 bits per heavy atom. The van der Waals surface area contributed by atoms with Crippen molar-refractivity contribution in [3.63, 3.8) is 0 Å². The van der Waals surface area contributed by atoms with Gasteiger partial charge in [0.25, 0.3) is 0 Å². The van der Waals surface area contributed by atoms with Crippen molar-refractivity contribution in [3.05, 3.63) is 36.7 Å². The lowest BCUT2D eigenvalue weighted by atomic mass is 9.82. The lowest BCUT2D eigenvalue weighted by Crippen LogP contribution is -2.52. The molecule has 0 bridgehead atoms. The summed E-state index contributed by atoms with van der Waals surface area (Å²) in [5.41, 5.74) is 7.09. The van der Waals surface area contributed by atoms with E-state index < -0.39 is 5.54 Å². The topological polar surface area (TPSA) is 85.8 Å². The summed E-state index contributed by atoms with van der Waals surface area (Å²) in [7, 11) is 0. The van der Waals surface area contributed by atoms with Gasteiger partial charge in [0.1, 0.15) is 0 Å². The van der Waals surface area contributed by atoms with Gasteiger partial charge in [0, 0.05) is 5.69 Å². The van der Waals surface area contributed by atoms with Gasteiger partial charge >= 0.3 is 0 Å². The van der Waals surface area contributed by atoms with Crippen molar-refractivity contribution >= 4 is 11.6 Å². The first-order valence-corrected chi connectivity index (χ1v) is 7.24. The third-order valence-corrected chi connectivity index (χ3v) is 3.97. The molecule has 0 radical (unpaired) electrons. The fourth-order valence-electron chi connectivity index (χ4n) is 2.69. The molecule has 0 saturated heterocycles. The molecule has 0 atom stereocenters. The Morgan fingerprint density at radius 1 is 1.10 bits per heavy atom. The van der Waals surface area contributed by atoms with Crippen LogP contribution in [0.15, 0.2) is 36.7 Å². The SMILES string of the molecule is NC1(C(=O)Nc2ccc(-n3nccn3)cc2)CCCCC1. The van der Waals surface area contributed by atoms with Crippen LogP contribution in [0.3, 0.4) is 0 Å². The summed E-state index contributed by atoms with van der Waals surface area (Å²) in [4.78, 5) is 13.9. The van der Waals surface area contributed by atoms with Crippen molar-refractivity contribution in [2.75, 3.05) is 5.32 Å². The van der Waals surface area contributed by atoms with E-state index in [1.807, 2.05) is 24.3 Å².